The summed E-state index contributed by atoms with van der Waals surface area (Å²) < 4.78 is 33.5. The van der Waals surface area contributed by atoms with Crippen LogP contribution in [-0.2, 0) is 21.8 Å². The third-order valence-corrected chi connectivity index (χ3v) is 6.33. The number of nitrogens with zero attached hydrogens (tertiary/aromatic N) is 2. The fourth-order valence-corrected chi connectivity index (χ4v) is 4.15. The van der Waals surface area contributed by atoms with E-state index < -0.39 is 15.9 Å². The van der Waals surface area contributed by atoms with Crippen molar-refractivity contribution in [2.24, 2.45) is 7.05 Å². The summed E-state index contributed by atoms with van der Waals surface area (Å²) in [5.41, 5.74) is 1.00. The van der Waals surface area contributed by atoms with Crippen molar-refractivity contribution in [2.75, 3.05) is 31.6 Å². The lowest BCUT2D eigenvalue weighted by Gasteiger charge is -2.26. The molecule has 9 heteroatoms. The van der Waals surface area contributed by atoms with Crippen molar-refractivity contribution in [1.29, 1.82) is 0 Å². The van der Waals surface area contributed by atoms with Crippen molar-refractivity contribution in [3.8, 4) is 0 Å². The van der Waals surface area contributed by atoms with Crippen LogP contribution in [0.5, 0.6) is 0 Å². The Hall–Kier alpha value is -2.49. The van der Waals surface area contributed by atoms with Crippen LogP contribution in [0.15, 0.2) is 46.2 Å². The van der Waals surface area contributed by atoms with E-state index in [1.54, 1.807) is 20.0 Å². The summed E-state index contributed by atoms with van der Waals surface area (Å²) in [6, 6.07) is 7.37. The Labute approximate surface area is 157 Å². The normalized spacial score (nSPS) is 15.5. The van der Waals surface area contributed by atoms with Gasteiger partial charge in [0.1, 0.15) is 0 Å². The molecule has 0 atom stereocenters. The van der Waals surface area contributed by atoms with Crippen molar-refractivity contribution in [3.63, 3.8) is 0 Å². The summed E-state index contributed by atoms with van der Waals surface area (Å²) in [7, 11) is -2.07. The summed E-state index contributed by atoms with van der Waals surface area (Å²) >= 11 is 0. The molecule has 0 spiro atoms. The van der Waals surface area contributed by atoms with Gasteiger partial charge in [-0.25, -0.2) is 8.42 Å². The fourth-order valence-electron chi connectivity index (χ4n) is 2.72. The SMILES string of the molecule is Cc1ccc(S(=O)(=O)N2CCOCC2)cc1NC(=O)c1ccn(C)c(=O)c1. The van der Waals surface area contributed by atoms with Gasteiger partial charge in [-0.2, -0.15) is 4.31 Å². The maximum atomic E-state index is 12.8. The van der Waals surface area contributed by atoms with Crippen LogP contribution in [-0.4, -0.2) is 49.5 Å². The highest BCUT2D eigenvalue weighted by Gasteiger charge is 2.27. The van der Waals surface area contributed by atoms with E-state index in [4.69, 9.17) is 4.74 Å². The number of ether oxygens (including phenoxy) is 1. The molecule has 1 saturated heterocycles. The molecule has 2 aromatic rings. The number of amides is 1. The molecule has 8 nitrogen and oxygen atoms in total. The second-order valence-corrected chi connectivity index (χ2v) is 8.25. The van der Waals surface area contributed by atoms with Gasteiger partial charge in [0.25, 0.3) is 11.5 Å². The number of rotatable bonds is 4. The molecule has 1 fully saturated rings. The number of nitrogens with one attached hydrogen (secondary N) is 1. The lowest BCUT2D eigenvalue weighted by atomic mass is 10.2. The molecule has 0 unspecified atom stereocenters. The number of anilines is 1. The molecule has 0 aliphatic carbocycles. The first-order valence-corrected chi connectivity index (χ1v) is 9.89. The average molecular weight is 391 g/mol. The molecule has 1 N–H and O–H groups in total. The molecule has 0 saturated carbocycles. The number of hydrogen-bond donors (Lipinski definition) is 1. The Morgan fingerprint density at radius 3 is 2.52 bits per heavy atom. The van der Waals surface area contributed by atoms with E-state index in [1.807, 2.05) is 0 Å². The lowest BCUT2D eigenvalue weighted by Crippen LogP contribution is -2.40. The van der Waals surface area contributed by atoms with Crippen molar-refractivity contribution < 1.29 is 17.9 Å². The van der Waals surface area contributed by atoms with Crippen LogP contribution in [0.2, 0.25) is 0 Å². The topological polar surface area (TPSA) is 97.7 Å². The largest absolute Gasteiger partial charge is 0.379 e. The summed E-state index contributed by atoms with van der Waals surface area (Å²) in [4.78, 5) is 24.3. The Kier molecular flexibility index (Phi) is 5.45. The van der Waals surface area contributed by atoms with Gasteiger partial charge in [0.15, 0.2) is 0 Å². The highest BCUT2D eigenvalue weighted by Crippen LogP contribution is 2.24. The molecule has 27 heavy (non-hydrogen) atoms. The van der Waals surface area contributed by atoms with E-state index in [2.05, 4.69) is 5.32 Å². The van der Waals surface area contributed by atoms with Crippen LogP contribution in [0.3, 0.4) is 0 Å². The van der Waals surface area contributed by atoms with E-state index in [0.717, 1.165) is 0 Å². The first-order valence-electron chi connectivity index (χ1n) is 8.45. The monoisotopic (exact) mass is 391 g/mol. The molecule has 144 valence electrons. The minimum absolute atomic E-state index is 0.106. The van der Waals surface area contributed by atoms with Gasteiger partial charge < -0.3 is 14.6 Å². The maximum Gasteiger partial charge on any atom is 0.255 e. The number of aryl methyl sites for hydroxylation is 2. The van der Waals surface area contributed by atoms with Gasteiger partial charge >= 0.3 is 0 Å². The molecule has 1 aromatic carbocycles. The summed E-state index contributed by atoms with van der Waals surface area (Å²) in [5, 5.41) is 2.69. The van der Waals surface area contributed by atoms with Crippen LogP contribution in [0.1, 0.15) is 15.9 Å². The Morgan fingerprint density at radius 1 is 1.15 bits per heavy atom. The van der Waals surface area contributed by atoms with E-state index in [0.29, 0.717) is 37.6 Å². The van der Waals surface area contributed by atoms with Crippen LogP contribution in [0.25, 0.3) is 0 Å². The smallest absolute Gasteiger partial charge is 0.255 e. The van der Waals surface area contributed by atoms with Gasteiger partial charge in [-0.3, -0.25) is 9.59 Å². The molecule has 3 rings (SSSR count). The van der Waals surface area contributed by atoms with Crippen molar-refractivity contribution in [2.45, 2.75) is 11.8 Å². The lowest BCUT2D eigenvalue weighted by molar-refractivity contribution is 0.0730. The summed E-state index contributed by atoms with van der Waals surface area (Å²) in [6.45, 7) is 3.08. The second-order valence-electron chi connectivity index (χ2n) is 6.31. The van der Waals surface area contributed by atoms with Crippen LogP contribution in [0, 0.1) is 6.92 Å². The number of pyridine rings is 1. The number of benzene rings is 1. The van der Waals surface area contributed by atoms with Crippen LogP contribution >= 0.6 is 0 Å². The summed E-state index contributed by atoms with van der Waals surface area (Å²) in [5.74, 6) is -0.475. The predicted octanol–water partition coefficient (Wildman–Crippen LogP) is 0.967. The van der Waals surface area contributed by atoms with Crippen molar-refractivity contribution >= 4 is 21.6 Å². The average Bonchev–Trinajstić information content (AvgIpc) is 2.66. The van der Waals surface area contributed by atoms with Gasteiger partial charge in [0, 0.05) is 43.7 Å². The zero-order valence-corrected chi connectivity index (χ0v) is 16.0. The number of morpholine rings is 1. The number of sulfonamides is 1. The van der Waals surface area contributed by atoms with Gasteiger partial charge in [0.2, 0.25) is 10.0 Å². The van der Waals surface area contributed by atoms with Gasteiger partial charge in [0.05, 0.1) is 18.1 Å². The molecular weight excluding hydrogens is 370 g/mol. The molecule has 0 bridgehead atoms. The van der Waals surface area contributed by atoms with E-state index in [1.165, 1.54) is 39.3 Å². The fraction of sp³-hybridized carbons (Fsp3) is 0.333. The first kappa shape index (κ1) is 19.3. The third-order valence-electron chi connectivity index (χ3n) is 4.43. The standard InChI is InChI=1S/C18H21N3O5S/c1-13-3-4-15(27(24,25)21-7-9-26-10-8-21)12-16(13)19-18(23)14-5-6-20(2)17(22)11-14/h3-6,11-12H,7-10H2,1-2H3,(H,19,23). The first-order chi connectivity index (χ1) is 12.8. The minimum atomic E-state index is -3.67. The zero-order chi connectivity index (χ0) is 19.6. The number of carbonyl (C=O) groups excluding carboxylic acids is 1. The molecule has 0 radical (unpaired) electrons. The van der Waals surface area contributed by atoms with E-state index in [-0.39, 0.29) is 16.0 Å². The Balaban J connectivity index is 1.88. The Bertz CT molecular complexity index is 1020. The van der Waals surface area contributed by atoms with Gasteiger partial charge in [-0.05, 0) is 30.7 Å². The number of aromatic nitrogens is 1. The highest BCUT2D eigenvalue weighted by atomic mass is 32.2. The highest BCUT2D eigenvalue weighted by molar-refractivity contribution is 7.89. The van der Waals surface area contributed by atoms with Gasteiger partial charge in [-0.15, -0.1) is 0 Å². The van der Waals surface area contributed by atoms with Crippen molar-refractivity contribution in [3.05, 3.63) is 58.0 Å². The number of carbonyl (C=O) groups is 1. The minimum Gasteiger partial charge on any atom is -0.379 e. The predicted molar refractivity (Wildman–Crippen MR) is 100 cm³/mol. The third kappa shape index (κ3) is 4.10. The molecule has 1 amide bonds. The Morgan fingerprint density at radius 2 is 1.85 bits per heavy atom. The quantitative estimate of drug-likeness (QED) is 0.837. The van der Waals surface area contributed by atoms with Crippen molar-refractivity contribution in [1.82, 2.24) is 8.87 Å². The molecule has 1 aliphatic heterocycles. The maximum absolute atomic E-state index is 12.8. The van der Waals surface area contributed by atoms with E-state index in [9.17, 15) is 18.0 Å². The van der Waals surface area contributed by atoms with E-state index >= 15 is 0 Å². The number of hydrogen-bond acceptors (Lipinski definition) is 5. The molecular formula is C18H21N3O5S. The van der Waals surface area contributed by atoms with Crippen LogP contribution in [0.4, 0.5) is 5.69 Å². The molecule has 1 aromatic heterocycles. The summed E-state index contributed by atoms with van der Waals surface area (Å²) in [6.07, 6.45) is 1.50. The molecule has 1 aliphatic rings. The molecule has 2 heterocycles. The zero-order valence-electron chi connectivity index (χ0n) is 15.1. The van der Waals surface area contributed by atoms with Crippen LogP contribution < -0.4 is 10.9 Å². The second kappa shape index (κ2) is 7.63. The van der Waals surface area contributed by atoms with Gasteiger partial charge in [-0.1, -0.05) is 6.07 Å².